The SMILES string of the molecule is CCOC(=O)c1cnc(N)c2nc(-c3ccc(C)cc3Cl)ccc12. The molecule has 0 saturated heterocycles. The maximum Gasteiger partial charge on any atom is 0.340 e. The molecule has 24 heavy (non-hydrogen) atoms. The van der Waals surface area contributed by atoms with Crippen LogP contribution < -0.4 is 5.73 Å². The molecule has 0 aliphatic carbocycles. The molecule has 0 radical (unpaired) electrons. The van der Waals surface area contributed by atoms with Crippen molar-refractivity contribution in [2.75, 3.05) is 12.3 Å². The summed E-state index contributed by atoms with van der Waals surface area (Å²) in [6, 6.07) is 9.34. The van der Waals surface area contributed by atoms with E-state index < -0.39 is 5.97 Å². The molecule has 2 aromatic heterocycles. The van der Waals surface area contributed by atoms with E-state index in [9.17, 15) is 4.79 Å². The number of aryl methyl sites for hydroxylation is 1. The van der Waals surface area contributed by atoms with Crippen LogP contribution in [0.5, 0.6) is 0 Å². The number of nitrogen functional groups attached to an aromatic ring is 1. The Morgan fingerprint density at radius 1 is 1.29 bits per heavy atom. The van der Waals surface area contributed by atoms with Gasteiger partial charge in [0.1, 0.15) is 11.3 Å². The first-order chi connectivity index (χ1) is 11.5. The molecule has 0 aliphatic heterocycles. The molecule has 0 amide bonds. The van der Waals surface area contributed by atoms with Gasteiger partial charge in [0.15, 0.2) is 0 Å². The Kier molecular flexibility index (Phi) is 4.36. The van der Waals surface area contributed by atoms with E-state index in [1.54, 1.807) is 19.1 Å². The molecule has 0 atom stereocenters. The number of halogens is 1. The van der Waals surface area contributed by atoms with E-state index in [4.69, 9.17) is 22.1 Å². The average Bonchev–Trinajstić information content (AvgIpc) is 2.55. The molecule has 0 bridgehead atoms. The van der Waals surface area contributed by atoms with E-state index in [2.05, 4.69) is 9.97 Å². The third-order valence-corrected chi connectivity index (χ3v) is 3.97. The fourth-order valence-corrected chi connectivity index (χ4v) is 2.82. The number of pyridine rings is 2. The Hall–Kier alpha value is -2.66. The van der Waals surface area contributed by atoms with E-state index in [1.165, 1.54) is 6.20 Å². The highest BCUT2D eigenvalue weighted by molar-refractivity contribution is 6.33. The highest BCUT2D eigenvalue weighted by atomic mass is 35.5. The summed E-state index contributed by atoms with van der Waals surface area (Å²) in [6.45, 7) is 4.01. The lowest BCUT2D eigenvalue weighted by Crippen LogP contribution is -2.08. The molecule has 3 rings (SSSR count). The zero-order chi connectivity index (χ0) is 17.3. The maximum atomic E-state index is 12.1. The number of fused-ring (bicyclic) bond motifs is 1. The predicted octanol–water partition coefficient (Wildman–Crippen LogP) is 4.02. The number of hydrogen-bond acceptors (Lipinski definition) is 5. The van der Waals surface area contributed by atoms with E-state index in [0.717, 1.165) is 11.1 Å². The van der Waals surface area contributed by atoms with Gasteiger partial charge in [-0.3, -0.25) is 0 Å². The van der Waals surface area contributed by atoms with Crippen molar-refractivity contribution < 1.29 is 9.53 Å². The van der Waals surface area contributed by atoms with Crippen molar-refractivity contribution in [3.8, 4) is 11.3 Å². The number of rotatable bonds is 3. The van der Waals surface area contributed by atoms with Crippen LogP contribution in [-0.2, 0) is 4.74 Å². The third kappa shape index (κ3) is 2.90. The summed E-state index contributed by atoms with van der Waals surface area (Å²) in [5, 5.41) is 1.21. The van der Waals surface area contributed by atoms with E-state index in [1.807, 2.05) is 25.1 Å². The first kappa shape index (κ1) is 16.2. The fourth-order valence-electron chi connectivity index (χ4n) is 2.49. The number of anilines is 1. The van der Waals surface area contributed by atoms with E-state index in [0.29, 0.717) is 27.2 Å². The minimum Gasteiger partial charge on any atom is -0.462 e. The summed E-state index contributed by atoms with van der Waals surface area (Å²) in [4.78, 5) is 20.7. The summed E-state index contributed by atoms with van der Waals surface area (Å²) >= 11 is 6.32. The summed E-state index contributed by atoms with van der Waals surface area (Å²) < 4.78 is 5.05. The van der Waals surface area contributed by atoms with E-state index in [-0.39, 0.29) is 12.4 Å². The van der Waals surface area contributed by atoms with Gasteiger partial charge in [-0.25, -0.2) is 14.8 Å². The molecule has 6 heteroatoms. The van der Waals surface area contributed by atoms with Crippen LogP contribution in [0.15, 0.2) is 36.5 Å². The Morgan fingerprint density at radius 3 is 2.79 bits per heavy atom. The highest BCUT2D eigenvalue weighted by Gasteiger charge is 2.16. The number of esters is 1. The largest absolute Gasteiger partial charge is 0.462 e. The molecular weight excluding hydrogens is 326 g/mol. The first-order valence-electron chi connectivity index (χ1n) is 7.50. The van der Waals surface area contributed by atoms with Crippen LogP contribution >= 0.6 is 11.6 Å². The van der Waals surface area contributed by atoms with Crippen molar-refractivity contribution in [2.24, 2.45) is 0 Å². The minimum atomic E-state index is -0.446. The number of carbonyl (C=O) groups excluding carboxylic acids is 1. The monoisotopic (exact) mass is 341 g/mol. The molecule has 0 spiro atoms. The number of aromatic nitrogens is 2. The number of carbonyl (C=O) groups is 1. The second kappa shape index (κ2) is 6.45. The van der Waals surface area contributed by atoms with Crippen molar-refractivity contribution in [2.45, 2.75) is 13.8 Å². The number of nitrogens with two attached hydrogens (primary N) is 1. The Labute approximate surface area is 144 Å². The normalized spacial score (nSPS) is 10.8. The summed E-state index contributed by atoms with van der Waals surface area (Å²) in [6.07, 6.45) is 1.41. The predicted molar refractivity (Wildman–Crippen MR) is 95.1 cm³/mol. The molecule has 0 fully saturated rings. The van der Waals surface area contributed by atoms with E-state index >= 15 is 0 Å². The lowest BCUT2D eigenvalue weighted by Gasteiger charge is -2.10. The average molecular weight is 342 g/mol. The van der Waals surface area contributed by atoms with Crippen LogP contribution in [-0.4, -0.2) is 22.5 Å². The second-order valence-corrected chi connectivity index (χ2v) is 5.76. The van der Waals surface area contributed by atoms with Gasteiger partial charge in [0.2, 0.25) is 0 Å². The molecule has 0 saturated carbocycles. The molecule has 1 aromatic carbocycles. The Balaban J connectivity index is 2.18. The van der Waals surface area contributed by atoms with Gasteiger partial charge in [-0.2, -0.15) is 0 Å². The van der Waals surface area contributed by atoms with Gasteiger partial charge in [0, 0.05) is 17.1 Å². The molecule has 0 unspecified atom stereocenters. The minimum absolute atomic E-state index is 0.253. The van der Waals surface area contributed by atoms with Gasteiger partial charge in [-0.1, -0.05) is 23.7 Å². The molecule has 0 aliphatic rings. The first-order valence-corrected chi connectivity index (χ1v) is 7.88. The summed E-state index contributed by atoms with van der Waals surface area (Å²) in [5.74, 6) is -0.193. The van der Waals surface area contributed by atoms with Crippen LogP contribution in [0.4, 0.5) is 5.82 Å². The second-order valence-electron chi connectivity index (χ2n) is 5.35. The van der Waals surface area contributed by atoms with Gasteiger partial charge in [0.25, 0.3) is 0 Å². The number of benzene rings is 1. The molecule has 2 N–H and O–H groups in total. The lowest BCUT2D eigenvalue weighted by molar-refractivity contribution is 0.0528. The zero-order valence-electron chi connectivity index (χ0n) is 13.3. The van der Waals surface area contributed by atoms with Crippen LogP contribution in [0.25, 0.3) is 22.2 Å². The smallest absolute Gasteiger partial charge is 0.340 e. The van der Waals surface area contributed by atoms with Crippen molar-refractivity contribution >= 4 is 34.3 Å². The van der Waals surface area contributed by atoms with Crippen LogP contribution in [0, 0.1) is 6.92 Å². The summed E-state index contributed by atoms with van der Waals surface area (Å²) in [7, 11) is 0. The molecule has 3 aromatic rings. The molecule has 5 nitrogen and oxygen atoms in total. The summed E-state index contributed by atoms with van der Waals surface area (Å²) in [5.41, 5.74) is 9.28. The third-order valence-electron chi connectivity index (χ3n) is 3.66. The zero-order valence-corrected chi connectivity index (χ0v) is 14.1. The van der Waals surface area contributed by atoms with Gasteiger partial charge >= 0.3 is 5.97 Å². The molecule has 122 valence electrons. The quantitative estimate of drug-likeness (QED) is 0.728. The van der Waals surface area contributed by atoms with Crippen LogP contribution in [0.2, 0.25) is 5.02 Å². The Morgan fingerprint density at radius 2 is 2.08 bits per heavy atom. The lowest BCUT2D eigenvalue weighted by atomic mass is 10.1. The molecular formula is C18H16ClN3O2. The standard InChI is InChI=1S/C18H16ClN3O2/c1-3-24-18(23)13-9-21-17(20)16-11(13)6-7-15(22-16)12-5-4-10(2)8-14(12)19/h4-9H,3H2,1-2H3,(H2,20,21). The van der Waals surface area contributed by atoms with Gasteiger partial charge < -0.3 is 10.5 Å². The topological polar surface area (TPSA) is 78.1 Å². The van der Waals surface area contributed by atoms with Gasteiger partial charge in [0.05, 0.1) is 22.9 Å². The van der Waals surface area contributed by atoms with Crippen molar-refractivity contribution in [3.05, 3.63) is 52.7 Å². The van der Waals surface area contributed by atoms with Crippen molar-refractivity contribution in [1.82, 2.24) is 9.97 Å². The van der Waals surface area contributed by atoms with Crippen molar-refractivity contribution in [1.29, 1.82) is 0 Å². The fraction of sp³-hybridized carbons (Fsp3) is 0.167. The van der Waals surface area contributed by atoms with Gasteiger partial charge in [-0.05, 0) is 37.6 Å². The maximum absolute atomic E-state index is 12.1. The molecule has 2 heterocycles. The number of ether oxygens (including phenoxy) is 1. The number of hydrogen-bond donors (Lipinski definition) is 1. The van der Waals surface area contributed by atoms with Gasteiger partial charge in [-0.15, -0.1) is 0 Å². The van der Waals surface area contributed by atoms with Crippen LogP contribution in [0.3, 0.4) is 0 Å². The highest BCUT2D eigenvalue weighted by Crippen LogP contribution is 2.30. The van der Waals surface area contributed by atoms with Crippen LogP contribution in [0.1, 0.15) is 22.8 Å². The number of nitrogens with zero attached hydrogens (tertiary/aromatic N) is 2. The van der Waals surface area contributed by atoms with Crippen molar-refractivity contribution in [3.63, 3.8) is 0 Å². The Bertz CT molecular complexity index is 941.